The molecule has 0 amide bonds. The Labute approximate surface area is 111 Å². The highest BCUT2D eigenvalue weighted by molar-refractivity contribution is 7.91. The van der Waals surface area contributed by atoms with Gasteiger partial charge < -0.3 is 5.73 Å². The van der Waals surface area contributed by atoms with Crippen LogP contribution in [0.25, 0.3) is 0 Å². The Kier molecular flexibility index (Phi) is 4.67. The number of rotatable bonds is 2. The van der Waals surface area contributed by atoms with Crippen LogP contribution < -0.4 is 5.73 Å². The maximum absolute atomic E-state index is 11.6. The lowest BCUT2D eigenvalue weighted by molar-refractivity contribution is 0.0739. The van der Waals surface area contributed by atoms with E-state index in [2.05, 4.69) is 4.90 Å². The Morgan fingerprint density at radius 3 is 1.94 bits per heavy atom. The van der Waals surface area contributed by atoms with E-state index in [-0.39, 0.29) is 5.54 Å². The molecule has 0 aromatic carbocycles. The van der Waals surface area contributed by atoms with Crippen LogP contribution in [0.1, 0.15) is 44.9 Å². The molecule has 2 saturated heterocycles. The van der Waals surface area contributed by atoms with Gasteiger partial charge in [0.2, 0.25) is 0 Å². The first-order valence-electron chi connectivity index (χ1n) is 7.24. The number of nitrogens with zero attached hydrogens (tertiary/aromatic N) is 1. The summed E-state index contributed by atoms with van der Waals surface area (Å²) >= 11 is 0. The maximum Gasteiger partial charge on any atom is 0.150 e. The molecule has 0 atom stereocenters. The molecule has 0 aromatic rings. The molecule has 2 N–H and O–H groups in total. The van der Waals surface area contributed by atoms with Crippen molar-refractivity contribution in [2.45, 2.75) is 50.5 Å². The molecule has 2 aliphatic rings. The summed E-state index contributed by atoms with van der Waals surface area (Å²) in [6.45, 7) is 2.79. The standard InChI is InChI=1S/C13H26N2O2S/c14-12-13(6-10-18(16,17)11-7-13)15-8-4-2-1-3-5-9-15/h1-12,14H2. The average molecular weight is 274 g/mol. The molecule has 0 radical (unpaired) electrons. The molecule has 5 heteroatoms. The van der Waals surface area contributed by atoms with Gasteiger partial charge in [-0.2, -0.15) is 0 Å². The third-order valence-electron chi connectivity index (χ3n) is 4.66. The summed E-state index contributed by atoms with van der Waals surface area (Å²) in [5, 5.41) is 0. The number of nitrogens with two attached hydrogens (primary N) is 1. The van der Waals surface area contributed by atoms with Crippen molar-refractivity contribution in [3.63, 3.8) is 0 Å². The summed E-state index contributed by atoms with van der Waals surface area (Å²) in [5.41, 5.74) is 5.97. The zero-order chi connectivity index (χ0) is 13.1. The Bertz CT molecular complexity index is 345. The highest BCUT2D eigenvalue weighted by Crippen LogP contribution is 2.31. The first-order valence-corrected chi connectivity index (χ1v) is 9.06. The number of likely N-dealkylation sites (tertiary alicyclic amines) is 1. The molecule has 0 aromatic heterocycles. The molecule has 2 rings (SSSR count). The minimum absolute atomic E-state index is 0.0390. The fourth-order valence-electron chi connectivity index (χ4n) is 3.29. The SMILES string of the molecule is NCC1(N2CCCCCCC2)CCS(=O)(=O)CC1. The van der Waals surface area contributed by atoms with Crippen molar-refractivity contribution in [2.75, 3.05) is 31.1 Å². The van der Waals surface area contributed by atoms with Crippen molar-refractivity contribution in [1.29, 1.82) is 0 Å². The molecule has 18 heavy (non-hydrogen) atoms. The maximum atomic E-state index is 11.6. The highest BCUT2D eigenvalue weighted by Gasteiger charge is 2.40. The molecule has 2 aliphatic heterocycles. The van der Waals surface area contributed by atoms with Crippen LogP contribution in [0.4, 0.5) is 0 Å². The molecule has 0 bridgehead atoms. The second-order valence-corrected chi connectivity index (χ2v) is 8.14. The third kappa shape index (κ3) is 3.25. The van der Waals surface area contributed by atoms with Crippen LogP contribution >= 0.6 is 0 Å². The average Bonchev–Trinajstić information content (AvgIpc) is 2.30. The lowest BCUT2D eigenvalue weighted by atomic mass is 9.88. The summed E-state index contributed by atoms with van der Waals surface area (Å²) in [7, 11) is -2.80. The number of sulfone groups is 1. The summed E-state index contributed by atoms with van der Waals surface area (Å²) in [4.78, 5) is 2.50. The van der Waals surface area contributed by atoms with Gasteiger partial charge in [-0.1, -0.05) is 19.3 Å². The fourth-order valence-corrected chi connectivity index (χ4v) is 4.88. The molecule has 0 saturated carbocycles. The molecule has 0 unspecified atom stereocenters. The Hall–Kier alpha value is -0.130. The van der Waals surface area contributed by atoms with Gasteiger partial charge in [0.1, 0.15) is 9.84 Å². The van der Waals surface area contributed by atoms with Crippen LogP contribution in [0.2, 0.25) is 0 Å². The predicted octanol–water partition coefficient (Wildman–Crippen LogP) is 1.16. The van der Waals surface area contributed by atoms with Crippen molar-refractivity contribution >= 4 is 9.84 Å². The van der Waals surface area contributed by atoms with Crippen LogP contribution in [0.3, 0.4) is 0 Å². The second-order valence-electron chi connectivity index (χ2n) is 5.84. The smallest absolute Gasteiger partial charge is 0.150 e. The van der Waals surface area contributed by atoms with Crippen LogP contribution in [0, 0.1) is 0 Å². The molecular formula is C13H26N2O2S. The zero-order valence-corrected chi connectivity index (χ0v) is 12.1. The van der Waals surface area contributed by atoms with Crippen molar-refractivity contribution in [3.8, 4) is 0 Å². The van der Waals surface area contributed by atoms with Gasteiger partial charge in [0.15, 0.2) is 0 Å². The third-order valence-corrected chi connectivity index (χ3v) is 6.32. The lowest BCUT2D eigenvalue weighted by Gasteiger charge is -2.46. The van der Waals surface area contributed by atoms with E-state index in [1.807, 2.05) is 0 Å². The van der Waals surface area contributed by atoms with Gasteiger partial charge in [-0.25, -0.2) is 8.42 Å². The van der Waals surface area contributed by atoms with Crippen LogP contribution in [-0.4, -0.2) is 50.0 Å². The lowest BCUT2D eigenvalue weighted by Crippen LogP contribution is -2.58. The van der Waals surface area contributed by atoms with E-state index >= 15 is 0 Å². The van der Waals surface area contributed by atoms with Gasteiger partial charge >= 0.3 is 0 Å². The van der Waals surface area contributed by atoms with Gasteiger partial charge in [0, 0.05) is 12.1 Å². The van der Waals surface area contributed by atoms with Crippen LogP contribution in [-0.2, 0) is 9.84 Å². The number of hydrogen-bond donors (Lipinski definition) is 1. The minimum atomic E-state index is -2.80. The van der Waals surface area contributed by atoms with E-state index in [1.165, 1.54) is 32.1 Å². The van der Waals surface area contributed by atoms with E-state index in [0.29, 0.717) is 18.1 Å². The van der Waals surface area contributed by atoms with Gasteiger partial charge in [-0.3, -0.25) is 4.90 Å². The Morgan fingerprint density at radius 2 is 1.44 bits per heavy atom. The van der Waals surface area contributed by atoms with E-state index in [9.17, 15) is 8.42 Å². The summed E-state index contributed by atoms with van der Waals surface area (Å²) in [5.74, 6) is 0.640. The topological polar surface area (TPSA) is 63.4 Å². The van der Waals surface area contributed by atoms with Gasteiger partial charge in [0.25, 0.3) is 0 Å². The number of hydrogen-bond acceptors (Lipinski definition) is 4. The van der Waals surface area contributed by atoms with Crippen molar-refractivity contribution in [3.05, 3.63) is 0 Å². The summed E-state index contributed by atoms with van der Waals surface area (Å²) < 4.78 is 23.2. The van der Waals surface area contributed by atoms with Crippen molar-refractivity contribution < 1.29 is 8.42 Å². The normalized spacial score (nSPS) is 29.4. The first kappa shape index (κ1) is 14.3. The molecular weight excluding hydrogens is 248 g/mol. The molecule has 106 valence electrons. The van der Waals surface area contributed by atoms with Crippen LogP contribution in [0.15, 0.2) is 0 Å². The minimum Gasteiger partial charge on any atom is -0.329 e. The van der Waals surface area contributed by atoms with Gasteiger partial charge in [-0.05, 0) is 38.8 Å². The van der Waals surface area contributed by atoms with E-state index in [4.69, 9.17) is 5.73 Å². The summed E-state index contributed by atoms with van der Waals surface area (Å²) in [6.07, 6.45) is 7.86. The van der Waals surface area contributed by atoms with E-state index in [0.717, 1.165) is 25.9 Å². The van der Waals surface area contributed by atoms with E-state index in [1.54, 1.807) is 0 Å². The highest BCUT2D eigenvalue weighted by atomic mass is 32.2. The predicted molar refractivity (Wildman–Crippen MR) is 74.3 cm³/mol. The Balaban J connectivity index is 2.06. The molecule has 2 fully saturated rings. The van der Waals surface area contributed by atoms with Crippen molar-refractivity contribution in [2.24, 2.45) is 5.73 Å². The van der Waals surface area contributed by atoms with Gasteiger partial charge in [0.05, 0.1) is 11.5 Å². The second kappa shape index (κ2) is 5.88. The van der Waals surface area contributed by atoms with Crippen molar-refractivity contribution in [1.82, 2.24) is 4.90 Å². The van der Waals surface area contributed by atoms with E-state index < -0.39 is 9.84 Å². The van der Waals surface area contributed by atoms with Crippen LogP contribution in [0.5, 0.6) is 0 Å². The first-order chi connectivity index (χ1) is 8.58. The zero-order valence-electron chi connectivity index (χ0n) is 11.2. The quantitative estimate of drug-likeness (QED) is 0.821. The largest absolute Gasteiger partial charge is 0.329 e. The molecule has 0 spiro atoms. The summed E-state index contributed by atoms with van der Waals surface area (Å²) in [6, 6.07) is 0. The molecule has 2 heterocycles. The van der Waals surface area contributed by atoms with Gasteiger partial charge in [-0.15, -0.1) is 0 Å². The fraction of sp³-hybridized carbons (Fsp3) is 1.00. The molecule has 0 aliphatic carbocycles. The Morgan fingerprint density at radius 1 is 0.944 bits per heavy atom. The monoisotopic (exact) mass is 274 g/mol. The molecule has 4 nitrogen and oxygen atoms in total.